The molecular formula is C12H15ClO4. The summed E-state index contributed by atoms with van der Waals surface area (Å²) in [7, 11) is 0. The fourth-order valence-corrected chi connectivity index (χ4v) is 1.32. The molecule has 0 saturated carbocycles. The standard InChI is InChI=1S/C12H15ClO4/c1-2-4-11(15)17-12-9(14)5-3-6-10(12)16-8-7-13/h3,5-6,14H,2,4,7-8H2,1H3. The molecule has 0 amide bonds. The van der Waals surface area contributed by atoms with Crippen molar-refractivity contribution in [2.45, 2.75) is 19.8 Å². The third kappa shape index (κ3) is 4.15. The van der Waals surface area contributed by atoms with Crippen LogP contribution in [0.1, 0.15) is 19.8 Å². The normalized spacial score (nSPS) is 10.0. The second-order valence-corrected chi connectivity index (χ2v) is 3.74. The Morgan fingerprint density at radius 3 is 2.88 bits per heavy atom. The van der Waals surface area contributed by atoms with Crippen molar-refractivity contribution >= 4 is 17.6 Å². The summed E-state index contributed by atoms with van der Waals surface area (Å²) < 4.78 is 10.3. The minimum atomic E-state index is -0.398. The first-order chi connectivity index (χ1) is 8.19. The zero-order chi connectivity index (χ0) is 12.7. The first-order valence-corrected chi connectivity index (χ1v) is 5.94. The first-order valence-electron chi connectivity index (χ1n) is 5.40. The van der Waals surface area contributed by atoms with Gasteiger partial charge in [-0.2, -0.15) is 0 Å². The number of rotatable bonds is 6. The molecule has 0 saturated heterocycles. The van der Waals surface area contributed by atoms with Gasteiger partial charge in [0.25, 0.3) is 0 Å². The molecule has 17 heavy (non-hydrogen) atoms. The second-order valence-electron chi connectivity index (χ2n) is 3.37. The van der Waals surface area contributed by atoms with Gasteiger partial charge in [0.1, 0.15) is 6.61 Å². The summed E-state index contributed by atoms with van der Waals surface area (Å²) in [5.41, 5.74) is 0. The van der Waals surface area contributed by atoms with Gasteiger partial charge in [-0.25, -0.2) is 0 Å². The lowest BCUT2D eigenvalue weighted by Gasteiger charge is -2.11. The molecule has 5 heteroatoms. The van der Waals surface area contributed by atoms with Crippen LogP contribution in [0, 0.1) is 0 Å². The Bertz CT molecular complexity index is 379. The number of ether oxygens (including phenoxy) is 2. The smallest absolute Gasteiger partial charge is 0.311 e. The van der Waals surface area contributed by atoms with E-state index in [-0.39, 0.29) is 18.1 Å². The van der Waals surface area contributed by atoms with Gasteiger partial charge in [0.05, 0.1) is 5.88 Å². The van der Waals surface area contributed by atoms with Gasteiger partial charge in [-0.05, 0) is 18.6 Å². The molecule has 0 heterocycles. The fourth-order valence-electron chi connectivity index (χ4n) is 1.24. The Labute approximate surface area is 105 Å². The van der Waals surface area contributed by atoms with Crippen LogP contribution in [0.4, 0.5) is 0 Å². The SMILES string of the molecule is CCCC(=O)Oc1c(O)cccc1OCCCl. The molecule has 0 radical (unpaired) electrons. The van der Waals surface area contributed by atoms with Crippen molar-refractivity contribution in [3.63, 3.8) is 0 Å². The molecular weight excluding hydrogens is 244 g/mol. The maximum atomic E-state index is 11.4. The number of phenols is 1. The zero-order valence-corrected chi connectivity index (χ0v) is 10.4. The van der Waals surface area contributed by atoms with E-state index in [0.29, 0.717) is 24.5 Å². The summed E-state index contributed by atoms with van der Waals surface area (Å²) in [4.78, 5) is 11.4. The molecule has 1 rings (SSSR count). The first kappa shape index (κ1) is 13.6. The van der Waals surface area contributed by atoms with Crippen molar-refractivity contribution in [1.82, 2.24) is 0 Å². The molecule has 94 valence electrons. The number of para-hydroxylation sites is 1. The maximum absolute atomic E-state index is 11.4. The van der Waals surface area contributed by atoms with Gasteiger partial charge in [-0.3, -0.25) is 4.79 Å². The molecule has 0 fully saturated rings. The van der Waals surface area contributed by atoms with E-state index < -0.39 is 5.97 Å². The molecule has 1 aromatic carbocycles. The van der Waals surface area contributed by atoms with E-state index in [0.717, 1.165) is 0 Å². The van der Waals surface area contributed by atoms with Gasteiger partial charge in [0.15, 0.2) is 11.5 Å². The molecule has 0 aliphatic carbocycles. The average molecular weight is 259 g/mol. The highest BCUT2D eigenvalue weighted by molar-refractivity contribution is 6.18. The van der Waals surface area contributed by atoms with Crippen molar-refractivity contribution < 1.29 is 19.4 Å². The molecule has 0 aromatic heterocycles. The maximum Gasteiger partial charge on any atom is 0.311 e. The molecule has 0 aliphatic rings. The van der Waals surface area contributed by atoms with Gasteiger partial charge in [-0.15, -0.1) is 11.6 Å². The van der Waals surface area contributed by atoms with E-state index >= 15 is 0 Å². The number of carbonyl (C=O) groups is 1. The molecule has 0 aliphatic heterocycles. The van der Waals surface area contributed by atoms with Crippen molar-refractivity contribution in [3.05, 3.63) is 18.2 Å². The van der Waals surface area contributed by atoms with Crippen LogP contribution in [0.5, 0.6) is 17.2 Å². The summed E-state index contributed by atoms with van der Waals surface area (Å²) >= 11 is 5.50. The molecule has 0 atom stereocenters. The third-order valence-electron chi connectivity index (χ3n) is 1.96. The molecule has 4 nitrogen and oxygen atoms in total. The minimum absolute atomic E-state index is 0.0519. The summed E-state index contributed by atoms with van der Waals surface area (Å²) in [6.45, 7) is 2.15. The lowest BCUT2D eigenvalue weighted by Crippen LogP contribution is -2.09. The number of halogens is 1. The van der Waals surface area contributed by atoms with Crippen LogP contribution < -0.4 is 9.47 Å². The summed E-state index contributed by atoms with van der Waals surface area (Å²) in [5, 5.41) is 9.62. The van der Waals surface area contributed by atoms with Crippen molar-refractivity contribution in [3.8, 4) is 17.2 Å². The van der Waals surface area contributed by atoms with Crippen LogP contribution in [-0.2, 0) is 4.79 Å². The molecule has 0 spiro atoms. The van der Waals surface area contributed by atoms with Crippen LogP contribution in [-0.4, -0.2) is 23.6 Å². The van der Waals surface area contributed by atoms with Crippen LogP contribution in [0.2, 0.25) is 0 Å². The largest absolute Gasteiger partial charge is 0.504 e. The van der Waals surface area contributed by atoms with Crippen LogP contribution in [0.3, 0.4) is 0 Å². The Morgan fingerprint density at radius 1 is 1.47 bits per heavy atom. The van der Waals surface area contributed by atoms with Gasteiger partial charge < -0.3 is 14.6 Å². The number of aromatic hydroxyl groups is 1. The summed E-state index contributed by atoms with van der Waals surface area (Å²) in [6, 6.07) is 4.65. The van der Waals surface area contributed by atoms with Crippen molar-refractivity contribution in [2.75, 3.05) is 12.5 Å². The highest BCUT2D eigenvalue weighted by Crippen LogP contribution is 2.36. The van der Waals surface area contributed by atoms with Crippen molar-refractivity contribution in [1.29, 1.82) is 0 Å². The number of esters is 1. The quantitative estimate of drug-likeness (QED) is 0.484. The van der Waals surface area contributed by atoms with E-state index in [1.807, 2.05) is 6.92 Å². The Kier molecular flexibility index (Phi) is 5.63. The number of alkyl halides is 1. The van der Waals surface area contributed by atoms with Gasteiger partial charge in [0, 0.05) is 6.42 Å². The second kappa shape index (κ2) is 7.01. The van der Waals surface area contributed by atoms with E-state index in [4.69, 9.17) is 21.1 Å². The third-order valence-corrected chi connectivity index (χ3v) is 2.12. The zero-order valence-electron chi connectivity index (χ0n) is 9.61. The highest BCUT2D eigenvalue weighted by Gasteiger charge is 2.14. The topological polar surface area (TPSA) is 55.8 Å². The van der Waals surface area contributed by atoms with Crippen LogP contribution in [0.15, 0.2) is 18.2 Å². The Morgan fingerprint density at radius 2 is 2.24 bits per heavy atom. The molecule has 0 unspecified atom stereocenters. The van der Waals surface area contributed by atoms with E-state index in [9.17, 15) is 9.90 Å². The number of carbonyl (C=O) groups excluding carboxylic acids is 1. The van der Waals surface area contributed by atoms with E-state index in [1.165, 1.54) is 6.07 Å². The van der Waals surface area contributed by atoms with Crippen molar-refractivity contribution in [2.24, 2.45) is 0 Å². The van der Waals surface area contributed by atoms with Gasteiger partial charge >= 0.3 is 5.97 Å². The van der Waals surface area contributed by atoms with Gasteiger partial charge in [0.2, 0.25) is 5.75 Å². The monoisotopic (exact) mass is 258 g/mol. The Hall–Kier alpha value is -1.42. The number of benzene rings is 1. The van der Waals surface area contributed by atoms with Gasteiger partial charge in [-0.1, -0.05) is 13.0 Å². The molecule has 0 bridgehead atoms. The number of phenolic OH excluding ortho intramolecular Hbond substituents is 1. The van der Waals surface area contributed by atoms with E-state index in [2.05, 4.69) is 0 Å². The van der Waals surface area contributed by atoms with Crippen LogP contribution >= 0.6 is 11.6 Å². The molecule has 1 N–H and O–H groups in total. The predicted molar refractivity (Wildman–Crippen MR) is 64.9 cm³/mol. The van der Waals surface area contributed by atoms with E-state index in [1.54, 1.807) is 12.1 Å². The number of hydrogen-bond acceptors (Lipinski definition) is 4. The lowest BCUT2D eigenvalue weighted by atomic mass is 10.3. The predicted octanol–water partition coefficient (Wildman–Crippen LogP) is 2.72. The minimum Gasteiger partial charge on any atom is -0.504 e. The number of hydrogen-bond donors (Lipinski definition) is 1. The molecule has 1 aromatic rings. The Balaban J connectivity index is 2.83. The lowest BCUT2D eigenvalue weighted by molar-refractivity contribution is -0.134. The van der Waals surface area contributed by atoms with Crippen LogP contribution in [0.25, 0.3) is 0 Å². The average Bonchev–Trinajstić information content (AvgIpc) is 2.30. The summed E-state index contributed by atoms with van der Waals surface area (Å²) in [5.74, 6) is 0.162. The highest BCUT2D eigenvalue weighted by atomic mass is 35.5. The fraction of sp³-hybridized carbons (Fsp3) is 0.417. The summed E-state index contributed by atoms with van der Waals surface area (Å²) in [6.07, 6.45) is 0.980.